The molecule has 0 radical (unpaired) electrons. The number of esters is 1. The van der Waals surface area contributed by atoms with E-state index in [1.54, 1.807) is 31.7 Å². The Balaban J connectivity index is 1.77. The molecule has 2 rings (SSSR count). The first kappa shape index (κ1) is 24.1. The first-order chi connectivity index (χ1) is 14.5. The number of likely N-dealkylation sites (tertiary alicyclic amines) is 1. The second-order valence-electron chi connectivity index (χ2n) is 8.62. The van der Waals surface area contributed by atoms with Gasteiger partial charge in [-0.15, -0.1) is 0 Å². The number of nitrogens with zero attached hydrogens (tertiary/aromatic N) is 1. The van der Waals surface area contributed by atoms with Gasteiger partial charge in [0.15, 0.2) is 6.10 Å². The van der Waals surface area contributed by atoms with Crippen molar-refractivity contribution < 1.29 is 23.9 Å². The van der Waals surface area contributed by atoms with Crippen molar-refractivity contribution in [1.29, 1.82) is 0 Å². The standard InChI is InChI=1S/C23H31N3O5/c1-16(20(28)24-22(30)25-23(2,3)4)31-21(29)18-12-14-26(15-13-18)19(27)11-10-17-8-6-5-7-9-17/h5-11,16,18H,12-15H2,1-4H3,(H2,24,25,28,30)/b11-10+. The summed E-state index contributed by atoms with van der Waals surface area (Å²) in [5.41, 5.74) is 0.448. The van der Waals surface area contributed by atoms with Crippen molar-refractivity contribution in [2.75, 3.05) is 13.1 Å². The summed E-state index contributed by atoms with van der Waals surface area (Å²) >= 11 is 0. The van der Waals surface area contributed by atoms with Crippen molar-refractivity contribution in [3.8, 4) is 0 Å². The SMILES string of the molecule is CC(OC(=O)C1CCN(C(=O)/C=C/c2ccccc2)CC1)C(=O)NC(=O)NC(C)(C)C. The van der Waals surface area contributed by atoms with Gasteiger partial charge in [-0.3, -0.25) is 19.7 Å². The lowest BCUT2D eigenvalue weighted by Crippen LogP contribution is -2.51. The molecule has 1 aliphatic heterocycles. The van der Waals surface area contributed by atoms with Gasteiger partial charge in [0.25, 0.3) is 5.91 Å². The molecule has 2 N–H and O–H groups in total. The second-order valence-corrected chi connectivity index (χ2v) is 8.62. The van der Waals surface area contributed by atoms with Crippen molar-refractivity contribution in [3.05, 3.63) is 42.0 Å². The van der Waals surface area contributed by atoms with Crippen LogP contribution in [0.5, 0.6) is 0 Å². The maximum atomic E-state index is 12.4. The number of imide groups is 1. The van der Waals surface area contributed by atoms with E-state index in [9.17, 15) is 19.2 Å². The molecule has 1 atom stereocenters. The van der Waals surface area contributed by atoms with Crippen LogP contribution < -0.4 is 10.6 Å². The third kappa shape index (κ3) is 8.24. The third-order valence-corrected chi connectivity index (χ3v) is 4.75. The number of carbonyl (C=O) groups is 4. The van der Waals surface area contributed by atoms with Gasteiger partial charge >= 0.3 is 12.0 Å². The van der Waals surface area contributed by atoms with E-state index < -0.39 is 29.6 Å². The van der Waals surface area contributed by atoms with E-state index in [4.69, 9.17) is 4.74 Å². The average molecular weight is 430 g/mol. The van der Waals surface area contributed by atoms with Gasteiger partial charge in [-0.05, 0) is 52.2 Å². The van der Waals surface area contributed by atoms with Crippen LogP contribution in [-0.4, -0.2) is 53.4 Å². The maximum absolute atomic E-state index is 12.4. The molecule has 168 valence electrons. The number of amides is 4. The van der Waals surface area contributed by atoms with Crippen LogP contribution in [0.15, 0.2) is 36.4 Å². The van der Waals surface area contributed by atoms with Gasteiger partial charge in [-0.1, -0.05) is 30.3 Å². The van der Waals surface area contributed by atoms with Crippen LogP contribution in [0.4, 0.5) is 4.79 Å². The molecule has 0 saturated carbocycles. The van der Waals surface area contributed by atoms with Crippen LogP contribution in [0.3, 0.4) is 0 Å². The lowest BCUT2D eigenvalue weighted by atomic mass is 9.97. The molecule has 0 bridgehead atoms. The average Bonchev–Trinajstić information content (AvgIpc) is 2.71. The Morgan fingerprint density at radius 3 is 2.29 bits per heavy atom. The fourth-order valence-corrected chi connectivity index (χ4v) is 3.08. The smallest absolute Gasteiger partial charge is 0.321 e. The molecule has 0 aliphatic carbocycles. The molecule has 1 aromatic carbocycles. The maximum Gasteiger partial charge on any atom is 0.321 e. The lowest BCUT2D eigenvalue weighted by Gasteiger charge is -2.30. The number of urea groups is 1. The van der Waals surface area contributed by atoms with Crippen molar-refractivity contribution in [1.82, 2.24) is 15.5 Å². The summed E-state index contributed by atoms with van der Waals surface area (Å²) < 4.78 is 5.24. The van der Waals surface area contributed by atoms with Crippen LogP contribution in [-0.2, 0) is 19.1 Å². The molecule has 8 nitrogen and oxygen atoms in total. The normalized spacial score (nSPS) is 15.9. The van der Waals surface area contributed by atoms with Crippen LogP contribution in [0.1, 0.15) is 46.1 Å². The van der Waals surface area contributed by atoms with Gasteiger partial charge in [0.1, 0.15) is 0 Å². The highest BCUT2D eigenvalue weighted by Gasteiger charge is 2.30. The van der Waals surface area contributed by atoms with Crippen LogP contribution in [0.25, 0.3) is 6.08 Å². The van der Waals surface area contributed by atoms with Crippen LogP contribution in [0.2, 0.25) is 0 Å². The van der Waals surface area contributed by atoms with Gasteiger partial charge in [-0.25, -0.2) is 4.79 Å². The molecule has 1 heterocycles. The first-order valence-corrected chi connectivity index (χ1v) is 10.4. The number of piperidine rings is 1. The van der Waals surface area contributed by atoms with Crippen molar-refractivity contribution in [2.24, 2.45) is 5.92 Å². The number of rotatable bonds is 5. The molecule has 1 saturated heterocycles. The Bertz CT molecular complexity index is 821. The largest absolute Gasteiger partial charge is 0.452 e. The number of nitrogens with one attached hydrogen (secondary N) is 2. The minimum atomic E-state index is -1.09. The van der Waals surface area contributed by atoms with E-state index in [-0.39, 0.29) is 11.8 Å². The summed E-state index contributed by atoms with van der Waals surface area (Å²) in [5, 5.41) is 4.77. The first-order valence-electron chi connectivity index (χ1n) is 10.4. The Kier molecular flexibility index (Phi) is 8.36. The van der Waals surface area contributed by atoms with E-state index >= 15 is 0 Å². The zero-order valence-electron chi connectivity index (χ0n) is 18.5. The second kappa shape index (κ2) is 10.7. The topological polar surface area (TPSA) is 105 Å². The fraction of sp³-hybridized carbons (Fsp3) is 0.478. The molecule has 0 spiro atoms. The number of hydrogen-bond donors (Lipinski definition) is 2. The molecular formula is C23H31N3O5. The molecule has 0 aromatic heterocycles. The molecule has 8 heteroatoms. The highest BCUT2D eigenvalue weighted by Crippen LogP contribution is 2.20. The summed E-state index contributed by atoms with van der Waals surface area (Å²) in [5.74, 6) is -1.67. The zero-order valence-corrected chi connectivity index (χ0v) is 18.5. The third-order valence-electron chi connectivity index (χ3n) is 4.75. The molecule has 4 amide bonds. The summed E-state index contributed by atoms with van der Waals surface area (Å²) in [6.45, 7) is 7.66. The lowest BCUT2D eigenvalue weighted by molar-refractivity contribution is -0.160. The van der Waals surface area contributed by atoms with Crippen LogP contribution in [0, 0.1) is 5.92 Å². The van der Waals surface area contributed by atoms with E-state index in [1.165, 1.54) is 13.0 Å². The van der Waals surface area contributed by atoms with Gasteiger partial charge < -0.3 is 15.0 Å². The molecule has 1 aliphatic rings. The van der Waals surface area contributed by atoms with E-state index in [1.807, 2.05) is 30.3 Å². The number of ether oxygens (including phenoxy) is 1. The Labute approximate surface area is 183 Å². The molecule has 1 fully saturated rings. The highest BCUT2D eigenvalue weighted by atomic mass is 16.5. The Morgan fingerprint density at radius 1 is 1.10 bits per heavy atom. The predicted molar refractivity (Wildman–Crippen MR) is 117 cm³/mol. The van der Waals surface area contributed by atoms with E-state index in [0.29, 0.717) is 25.9 Å². The van der Waals surface area contributed by atoms with Crippen molar-refractivity contribution >= 4 is 29.9 Å². The van der Waals surface area contributed by atoms with Gasteiger partial charge in [0.2, 0.25) is 5.91 Å². The molecule has 1 aromatic rings. The number of carbonyl (C=O) groups excluding carboxylic acids is 4. The fourth-order valence-electron chi connectivity index (χ4n) is 3.08. The predicted octanol–water partition coefficient (Wildman–Crippen LogP) is 2.49. The zero-order chi connectivity index (χ0) is 23.0. The molecule has 31 heavy (non-hydrogen) atoms. The van der Waals surface area contributed by atoms with E-state index in [0.717, 1.165) is 5.56 Å². The summed E-state index contributed by atoms with van der Waals surface area (Å²) in [6.07, 6.45) is 3.12. The number of benzene rings is 1. The van der Waals surface area contributed by atoms with Crippen molar-refractivity contribution in [3.63, 3.8) is 0 Å². The Hall–Kier alpha value is -3.16. The van der Waals surface area contributed by atoms with Gasteiger partial charge in [0.05, 0.1) is 5.92 Å². The van der Waals surface area contributed by atoms with Gasteiger partial charge in [-0.2, -0.15) is 0 Å². The summed E-state index contributed by atoms with van der Waals surface area (Å²) in [7, 11) is 0. The minimum absolute atomic E-state index is 0.103. The molecule has 1 unspecified atom stereocenters. The highest BCUT2D eigenvalue weighted by molar-refractivity contribution is 5.97. The van der Waals surface area contributed by atoms with E-state index in [2.05, 4.69) is 10.6 Å². The van der Waals surface area contributed by atoms with Crippen molar-refractivity contribution in [2.45, 2.75) is 52.2 Å². The van der Waals surface area contributed by atoms with Crippen LogP contribution >= 0.6 is 0 Å². The minimum Gasteiger partial charge on any atom is -0.452 e. The Morgan fingerprint density at radius 2 is 1.71 bits per heavy atom. The quantitative estimate of drug-likeness (QED) is 0.553. The summed E-state index contributed by atoms with van der Waals surface area (Å²) in [4.78, 5) is 50.3. The summed E-state index contributed by atoms with van der Waals surface area (Å²) in [6, 6.07) is 8.90. The van der Waals surface area contributed by atoms with Gasteiger partial charge in [0, 0.05) is 24.7 Å². The monoisotopic (exact) mass is 429 g/mol. The number of hydrogen-bond acceptors (Lipinski definition) is 5. The molecular weight excluding hydrogens is 398 g/mol.